The molecule has 10 heteroatoms. The highest BCUT2D eigenvalue weighted by atomic mass is 16.8. The van der Waals surface area contributed by atoms with E-state index in [0.29, 0.717) is 17.0 Å². The summed E-state index contributed by atoms with van der Waals surface area (Å²) in [5, 5.41) is 24.0. The van der Waals surface area contributed by atoms with Crippen molar-refractivity contribution in [1.82, 2.24) is 14.6 Å². The van der Waals surface area contributed by atoms with E-state index >= 15 is 0 Å². The maximum atomic E-state index is 10.1. The Kier molecular flexibility index (Phi) is 3.36. The van der Waals surface area contributed by atoms with Gasteiger partial charge in [-0.15, -0.1) is 0 Å². The highest BCUT2D eigenvalue weighted by Gasteiger charge is 2.65. The summed E-state index contributed by atoms with van der Waals surface area (Å²) in [5.74, 6) is -0.575. The minimum Gasteiger partial charge on any atom is -0.394 e. The first kappa shape index (κ1) is 16.3. The van der Waals surface area contributed by atoms with Gasteiger partial charge in [0.15, 0.2) is 11.6 Å². The van der Waals surface area contributed by atoms with Crippen LogP contribution in [0, 0.1) is 11.3 Å². The fourth-order valence-electron chi connectivity index (χ4n) is 3.76. The lowest BCUT2D eigenvalue weighted by atomic mass is 9.90. The van der Waals surface area contributed by atoms with E-state index in [1.54, 1.807) is 24.4 Å². The molecule has 0 aromatic carbocycles. The van der Waals surface area contributed by atoms with Gasteiger partial charge in [0.2, 0.25) is 5.60 Å². The van der Waals surface area contributed by atoms with Crippen LogP contribution in [0.1, 0.15) is 19.5 Å². The van der Waals surface area contributed by atoms with Gasteiger partial charge in [0.25, 0.3) is 0 Å². The second-order valence-electron chi connectivity index (χ2n) is 6.83. The maximum Gasteiger partial charge on any atom is 0.226 e. The van der Waals surface area contributed by atoms with E-state index < -0.39 is 29.7 Å². The standard InChI is InChI=1S/C15H18BN5O4/c1-14(2)24-11-8(4-22)23-15(5-17,12(11)25-14)9-3-7(16)10-13(18)19-6-20-21(9)10/h3,6,8,11-12,22H,4,16H2,1-2H3,(H2,18,19,20)/t8-,11-,12-,15+/m1/s1. The molecule has 2 aromatic rings. The summed E-state index contributed by atoms with van der Waals surface area (Å²) in [6.07, 6.45) is -0.637. The predicted molar refractivity (Wildman–Crippen MR) is 88.7 cm³/mol. The number of rotatable bonds is 2. The lowest BCUT2D eigenvalue weighted by Crippen LogP contribution is -2.40. The molecule has 0 amide bonds. The van der Waals surface area contributed by atoms with E-state index in [0.717, 1.165) is 5.46 Å². The van der Waals surface area contributed by atoms with Crippen molar-refractivity contribution in [3.05, 3.63) is 18.1 Å². The largest absolute Gasteiger partial charge is 0.394 e. The van der Waals surface area contributed by atoms with E-state index in [-0.39, 0.29) is 6.61 Å². The van der Waals surface area contributed by atoms with Gasteiger partial charge in [0.1, 0.15) is 44.1 Å². The minimum absolute atomic E-state index is 0.288. The van der Waals surface area contributed by atoms with Crippen molar-refractivity contribution in [2.45, 2.75) is 43.5 Å². The molecule has 4 atom stereocenters. The van der Waals surface area contributed by atoms with Gasteiger partial charge >= 0.3 is 0 Å². The predicted octanol–water partition coefficient (Wildman–Crippen LogP) is -1.80. The molecular weight excluding hydrogens is 325 g/mol. The van der Waals surface area contributed by atoms with Gasteiger partial charge in [-0.25, -0.2) is 9.50 Å². The number of nitrogens with zero attached hydrogens (tertiary/aromatic N) is 4. The monoisotopic (exact) mass is 343 g/mol. The average molecular weight is 343 g/mol. The summed E-state index contributed by atoms with van der Waals surface area (Å²) in [4.78, 5) is 4.00. The Bertz CT molecular complexity index is 894. The van der Waals surface area contributed by atoms with Crippen molar-refractivity contribution >= 4 is 24.6 Å². The third kappa shape index (κ3) is 2.10. The molecule has 2 fully saturated rings. The van der Waals surface area contributed by atoms with Crippen LogP contribution >= 0.6 is 0 Å². The first-order chi connectivity index (χ1) is 11.8. The van der Waals surface area contributed by atoms with Crippen molar-refractivity contribution in [1.29, 1.82) is 5.26 Å². The Morgan fingerprint density at radius 1 is 1.44 bits per heavy atom. The topological polar surface area (TPSA) is 128 Å². The van der Waals surface area contributed by atoms with Crippen molar-refractivity contribution < 1.29 is 19.3 Å². The number of anilines is 1. The molecule has 4 heterocycles. The number of hydrogen-bond acceptors (Lipinski definition) is 8. The normalized spacial score (nSPS) is 33.4. The van der Waals surface area contributed by atoms with Gasteiger partial charge in [0.05, 0.1) is 12.3 Å². The summed E-state index contributed by atoms with van der Waals surface area (Å²) < 4.78 is 19.4. The number of hydrogen-bond donors (Lipinski definition) is 2. The summed E-state index contributed by atoms with van der Waals surface area (Å²) in [6.45, 7) is 3.25. The van der Waals surface area contributed by atoms with Gasteiger partial charge in [-0.1, -0.05) is 5.46 Å². The van der Waals surface area contributed by atoms with Crippen LogP contribution in [0.25, 0.3) is 5.52 Å². The summed E-state index contributed by atoms with van der Waals surface area (Å²) in [7, 11) is 1.86. The lowest BCUT2D eigenvalue weighted by molar-refractivity contribution is -0.204. The van der Waals surface area contributed by atoms with E-state index in [1.165, 1.54) is 6.33 Å². The average Bonchev–Trinajstić information content (AvgIpc) is 3.16. The maximum absolute atomic E-state index is 10.1. The van der Waals surface area contributed by atoms with Crippen LogP contribution in [0.3, 0.4) is 0 Å². The first-order valence-corrected chi connectivity index (χ1v) is 7.98. The van der Waals surface area contributed by atoms with E-state index in [9.17, 15) is 10.4 Å². The number of aliphatic hydroxyl groups excluding tert-OH is 1. The number of nitrogen functional groups attached to an aromatic ring is 1. The first-order valence-electron chi connectivity index (χ1n) is 7.98. The highest BCUT2D eigenvalue weighted by molar-refractivity contribution is 6.37. The number of fused-ring (bicyclic) bond motifs is 2. The third-order valence-corrected chi connectivity index (χ3v) is 4.73. The zero-order valence-electron chi connectivity index (χ0n) is 14.1. The number of aromatic nitrogens is 3. The summed E-state index contributed by atoms with van der Waals surface area (Å²) >= 11 is 0. The zero-order chi connectivity index (χ0) is 18.0. The van der Waals surface area contributed by atoms with Crippen LogP contribution in [0.4, 0.5) is 5.82 Å². The van der Waals surface area contributed by atoms with Gasteiger partial charge < -0.3 is 25.1 Å². The molecule has 0 bridgehead atoms. The minimum atomic E-state index is -1.48. The third-order valence-electron chi connectivity index (χ3n) is 4.73. The fraction of sp³-hybridized carbons (Fsp3) is 0.533. The molecule has 0 radical (unpaired) electrons. The second-order valence-corrected chi connectivity index (χ2v) is 6.83. The molecule has 0 aliphatic carbocycles. The lowest BCUT2D eigenvalue weighted by Gasteiger charge is -2.28. The van der Waals surface area contributed by atoms with Crippen molar-refractivity contribution in [3.8, 4) is 6.07 Å². The highest BCUT2D eigenvalue weighted by Crippen LogP contribution is 2.48. The molecule has 2 aliphatic heterocycles. The summed E-state index contributed by atoms with van der Waals surface area (Å²) in [5.41, 5.74) is 6.38. The molecule has 3 N–H and O–H groups in total. The van der Waals surface area contributed by atoms with Gasteiger partial charge in [-0.05, 0) is 19.9 Å². The van der Waals surface area contributed by atoms with Crippen molar-refractivity contribution in [3.63, 3.8) is 0 Å². The molecule has 4 rings (SSSR count). The molecule has 0 saturated carbocycles. The van der Waals surface area contributed by atoms with Crippen LogP contribution in [0.2, 0.25) is 0 Å². The van der Waals surface area contributed by atoms with Crippen LogP contribution in [0.5, 0.6) is 0 Å². The smallest absolute Gasteiger partial charge is 0.226 e. The molecule has 130 valence electrons. The molecule has 0 spiro atoms. The van der Waals surface area contributed by atoms with E-state index in [4.69, 9.17) is 19.9 Å². The quantitative estimate of drug-likeness (QED) is 0.612. The fourth-order valence-corrected chi connectivity index (χ4v) is 3.76. The Morgan fingerprint density at radius 3 is 2.88 bits per heavy atom. The molecule has 2 aliphatic rings. The Hall–Kier alpha value is -2.19. The van der Waals surface area contributed by atoms with Gasteiger partial charge in [-0.3, -0.25) is 0 Å². The van der Waals surface area contributed by atoms with E-state index in [2.05, 4.69) is 16.2 Å². The SMILES string of the molecule is Bc1cc([C@]2(C#N)O[C@H](CO)[C@H]3OC(C)(C)O[C@H]32)n2ncnc(N)c12. The van der Waals surface area contributed by atoms with Gasteiger partial charge in [-0.2, -0.15) is 10.4 Å². The van der Waals surface area contributed by atoms with Crippen molar-refractivity contribution in [2.75, 3.05) is 12.3 Å². The second kappa shape index (κ2) is 5.16. The molecule has 2 saturated heterocycles. The number of nitriles is 1. The Labute approximate surface area is 144 Å². The molecule has 25 heavy (non-hydrogen) atoms. The molecular formula is C15H18BN5O4. The van der Waals surface area contributed by atoms with E-state index in [1.807, 2.05) is 7.85 Å². The molecule has 9 nitrogen and oxygen atoms in total. The zero-order valence-corrected chi connectivity index (χ0v) is 14.1. The Morgan fingerprint density at radius 2 is 2.20 bits per heavy atom. The number of nitrogens with two attached hydrogens (primary N) is 1. The number of ether oxygens (including phenoxy) is 3. The van der Waals surface area contributed by atoms with Crippen LogP contribution < -0.4 is 11.2 Å². The Balaban J connectivity index is 1.94. The van der Waals surface area contributed by atoms with Crippen LogP contribution in [0.15, 0.2) is 12.4 Å². The molecule has 0 unspecified atom stereocenters. The van der Waals surface area contributed by atoms with Gasteiger partial charge in [0, 0.05) is 0 Å². The van der Waals surface area contributed by atoms with Crippen LogP contribution in [-0.2, 0) is 19.8 Å². The molecule has 2 aromatic heterocycles. The summed E-state index contributed by atoms with van der Waals surface area (Å²) in [6, 6.07) is 4.02. The van der Waals surface area contributed by atoms with Crippen molar-refractivity contribution in [2.24, 2.45) is 0 Å². The van der Waals surface area contributed by atoms with Crippen LogP contribution in [-0.4, -0.2) is 58.3 Å². The number of aliphatic hydroxyl groups is 1.